The largest absolute Gasteiger partial charge is 0.302 e. The summed E-state index contributed by atoms with van der Waals surface area (Å²) in [7, 11) is -3.41. The fourth-order valence-corrected chi connectivity index (χ4v) is 4.02. The van der Waals surface area contributed by atoms with Crippen molar-refractivity contribution >= 4 is 10.0 Å². The first kappa shape index (κ1) is 16.5. The molecule has 118 valence electrons. The molecule has 0 aromatic heterocycles. The maximum Gasteiger partial charge on any atom is 0.240 e. The van der Waals surface area contributed by atoms with Gasteiger partial charge in [0.2, 0.25) is 10.0 Å². The van der Waals surface area contributed by atoms with Crippen molar-refractivity contribution in [3.05, 3.63) is 29.8 Å². The number of nitrogens with one attached hydrogen (secondary N) is 1. The minimum atomic E-state index is -3.41. The van der Waals surface area contributed by atoms with E-state index in [1.807, 2.05) is 12.1 Å². The number of rotatable bonds is 5. The van der Waals surface area contributed by atoms with E-state index >= 15 is 0 Å². The molecule has 1 unspecified atom stereocenters. The molecule has 1 aliphatic heterocycles. The summed E-state index contributed by atoms with van der Waals surface area (Å²) in [5.41, 5.74) is 1.16. The number of likely N-dealkylation sites (N-methyl/N-ethyl adjacent to an activating group) is 1. The summed E-state index contributed by atoms with van der Waals surface area (Å²) in [4.78, 5) is 2.65. The Balaban J connectivity index is 2.07. The maximum absolute atomic E-state index is 12.4. The van der Waals surface area contributed by atoms with Gasteiger partial charge in [-0.25, -0.2) is 13.1 Å². The summed E-state index contributed by atoms with van der Waals surface area (Å²) in [6.45, 7) is 9.16. The number of likely N-dealkylation sites (tertiary alicyclic amines) is 1. The van der Waals surface area contributed by atoms with Crippen LogP contribution in [0.5, 0.6) is 0 Å². The van der Waals surface area contributed by atoms with Gasteiger partial charge in [0.15, 0.2) is 0 Å². The van der Waals surface area contributed by atoms with Crippen LogP contribution in [0.4, 0.5) is 0 Å². The van der Waals surface area contributed by atoms with Crippen molar-refractivity contribution in [2.24, 2.45) is 0 Å². The fraction of sp³-hybridized carbons (Fsp3) is 0.625. The van der Waals surface area contributed by atoms with Gasteiger partial charge in [0.25, 0.3) is 0 Å². The Kier molecular flexibility index (Phi) is 5.41. The van der Waals surface area contributed by atoms with Crippen LogP contribution in [0.15, 0.2) is 29.2 Å². The van der Waals surface area contributed by atoms with Gasteiger partial charge in [-0.1, -0.05) is 32.9 Å². The van der Waals surface area contributed by atoms with Gasteiger partial charge in [-0.05, 0) is 49.5 Å². The van der Waals surface area contributed by atoms with Gasteiger partial charge >= 0.3 is 0 Å². The van der Waals surface area contributed by atoms with Crippen LogP contribution in [0, 0.1) is 0 Å². The van der Waals surface area contributed by atoms with E-state index in [1.54, 1.807) is 12.1 Å². The normalized spacial score (nSPS) is 20.9. The van der Waals surface area contributed by atoms with Crippen molar-refractivity contribution in [2.75, 3.05) is 19.6 Å². The monoisotopic (exact) mass is 310 g/mol. The molecule has 0 saturated carbocycles. The second-order valence-corrected chi connectivity index (χ2v) is 7.79. The summed E-state index contributed by atoms with van der Waals surface area (Å²) in [6, 6.07) is 7.24. The lowest BCUT2D eigenvalue weighted by molar-refractivity contribution is 0.211. The fourth-order valence-electron chi connectivity index (χ4n) is 2.76. The predicted molar refractivity (Wildman–Crippen MR) is 86.0 cm³/mol. The molecule has 1 N–H and O–H groups in total. The second kappa shape index (κ2) is 6.90. The van der Waals surface area contributed by atoms with Gasteiger partial charge in [-0.15, -0.1) is 0 Å². The minimum absolute atomic E-state index is 0.0217. The molecule has 1 aromatic rings. The van der Waals surface area contributed by atoms with Crippen molar-refractivity contribution in [3.63, 3.8) is 0 Å². The lowest BCUT2D eigenvalue weighted by Gasteiger charge is -2.32. The van der Waals surface area contributed by atoms with E-state index in [9.17, 15) is 8.42 Å². The molecule has 5 heteroatoms. The third-order valence-corrected chi connectivity index (χ3v) is 5.67. The molecule has 21 heavy (non-hydrogen) atoms. The Hall–Kier alpha value is -0.910. The number of hydrogen-bond donors (Lipinski definition) is 1. The molecule has 0 bridgehead atoms. The van der Waals surface area contributed by atoms with Gasteiger partial charge in [0.1, 0.15) is 0 Å². The smallest absolute Gasteiger partial charge is 0.240 e. The van der Waals surface area contributed by atoms with E-state index in [-0.39, 0.29) is 6.04 Å². The minimum Gasteiger partial charge on any atom is -0.302 e. The molecule has 0 amide bonds. The molecule has 1 aromatic carbocycles. The molecule has 1 aliphatic rings. The van der Waals surface area contributed by atoms with Crippen molar-refractivity contribution in [2.45, 2.75) is 50.5 Å². The number of hydrogen-bond acceptors (Lipinski definition) is 3. The summed E-state index contributed by atoms with van der Waals surface area (Å²) in [5, 5.41) is 0. The zero-order valence-electron chi connectivity index (χ0n) is 13.2. The van der Waals surface area contributed by atoms with Crippen LogP contribution < -0.4 is 4.72 Å². The Bertz CT molecular complexity index is 552. The van der Waals surface area contributed by atoms with Crippen LogP contribution in [0.25, 0.3) is 0 Å². The van der Waals surface area contributed by atoms with Crippen LogP contribution in [0.1, 0.15) is 45.1 Å². The van der Waals surface area contributed by atoms with Crippen molar-refractivity contribution in [3.8, 4) is 0 Å². The zero-order valence-corrected chi connectivity index (χ0v) is 14.0. The molecule has 4 nitrogen and oxygen atoms in total. The van der Waals surface area contributed by atoms with Crippen molar-refractivity contribution in [1.82, 2.24) is 9.62 Å². The number of piperidine rings is 1. The first-order valence-corrected chi connectivity index (χ1v) is 9.25. The highest BCUT2D eigenvalue weighted by atomic mass is 32.2. The van der Waals surface area contributed by atoms with Crippen LogP contribution in [0.2, 0.25) is 0 Å². The van der Waals surface area contributed by atoms with Gasteiger partial charge in [-0.2, -0.15) is 0 Å². The molecule has 2 rings (SSSR count). The number of sulfonamides is 1. The highest BCUT2D eigenvalue weighted by Crippen LogP contribution is 2.18. The molecule has 1 atom stereocenters. The third kappa shape index (κ3) is 4.28. The SMILES string of the molecule is CCN1CCCC(NS(=O)(=O)c2ccc(C(C)C)cc2)C1. The third-order valence-electron chi connectivity index (χ3n) is 4.13. The Labute approximate surface area is 128 Å². The molecule has 1 fully saturated rings. The molecular formula is C16H26N2O2S. The summed E-state index contributed by atoms with van der Waals surface area (Å²) in [5.74, 6) is 0.408. The van der Waals surface area contributed by atoms with E-state index in [0.717, 1.165) is 38.0 Å². The molecular weight excluding hydrogens is 284 g/mol. The number of nitrogens with zero attached hydrogens (tertiary/aromatic N) is 1. The average Bonchev–Trinajstić information content (AvgIpc) is 2.47. The topological polar surface area (TPSA) is 49.4 Å². The average molecular weight is 310 g/mol. The van der Waals surface area contributed by atoms with Crippen LogP contribution in [-0.2, 0) is 10.0 Å². The maximum atomic E-state index is 12.4. The lowest BCUT2D eigenvalue weighted by atomic mass is 10.0. The standard InChI is InChI=1S/C16H26N2O2S/c1-4-18-11-5-6-15(12-18)17-21(19,20)16-9-7-14(8-10-16)13(2)3/h7-10,13,15,17H,4-6,11-12H2,1-3H3. The zero-order chi connectivity index (χ0) is 15.5. The summed E-state index contributed by atoms with van der Waals surface area (Å²) >= 11 is 0. The van der Waals surface area contributed by atoms with E-state index in [1.165, 1.54) is 0 Å². The molecule has 0 aliphatic carbocycles. The summed E-state index contributed by atoms with van der Waals surface area (Å²) in [6.07, 6.45) is 1.97. The first-order chi connectivity index (χ1) is 9.92. The predicted octanol–water partition coefficient (Wildman–Crippen LogP) is 2.57. The van der Waals surface area contributed by atoms with E-state index in [4.69, 9.17) is 0 Å². The first-order valence-electron chi connectivity index (χ1n) is 7.77. The molecule has 0 spiro atoms. The van der Waals surface area contributed by atoms with Crippen molar-refractivity contribution in [1.29, 1.82) is 0 Å². The Morgan fingerprint density at radius 1 is 1.29 bits per heavy atom. The quantitative estimate of drug-likeness (QED) is 0.909. The van der Waals surface area contributed by atoms with Crippen LogP contribution in [-0.4, -0.2) is 39.0 Å². The van der Waals surface area contributed by atoms with Gasteiger partial charge < -0.3 is 4.90 Å². The van der Waals surface area contributed by atoms with Gasteiger partial charge in [0.05, 0.1) is 4.90 Å². The van der Waals surface area contributed by atoms with E-state index < -0.39 is 10.0 Å². The summed E-state index contributed by atoms with van der Waals surface area (Å²) < 4.78 is 27.7. The van der Waals surface area contributed by atoms with Crippen LogP contribution >= 0.6 is 0 Å². The van der Waals surface area contributed by atoms with Gasteiger partial charge in [0, 0.05) is 12.6 Å². The van der Waals surface area contributed by atoms with E-state index in [2.05, 4.69) is 30.4 Å². The number of benzene rings is 1. The Morgan fingerprint density at radius 3 is 2.52 bits per heavy atom. The Morgan fingerprint density at radius 2 is 1.95 bits per heavy atom. The van der Waals surface area contributed by atoms with Crippen molar-refractivity contribution < 1.29 is 8.42 Å². The molecule has 1 heterocycles. The van der Waals surface area contributed by atoms with Crippen LogP contribution in [0.3, 0.4) is 0 Å². The van der Waals surface area contributed by atoms with Gasteiger partial charge in [-0.3, -0.25) is 0 Å². The van der Waals surface area contributed by atoms with E-state index in [0.29, 0.717) is 10.8 Å². The molecule has 0 radical (unpaired) electrons. The highest BCUT2D eigenvalue weighted by molar-refractivity contribution is 7.89. The lowest BCUT2D eigenvalue weighted by Crippen LogP contribution is -2.47. The second-order valence-electron chi connectivity index (χ2n) is 6.08. The molecule has 1 saturated heterocycles. The highest BCUT2D eigenvalue weighted by Gasteiger charge is 2.24.